The van der Waals surface area contributed by atoms with Crippen molar-refractivity contribution in [2.45, 2.75) is 66.2 Å². The molecule has 0 aromatic carbocycles. The van der Waals surface area contributed by atoms with Crippen LogP contribution in [0.4, 0.5) is 0 Å². The molecule has 1 heteroatoms. The summed E-state index contributed by atoms with van der Waals surface area (Å²) in [6.45, 7) is 9.24. The van der Waals surface area contributed by atoms with Gasteiger partial charge >= 0.3 is 0 Å². The van der Waals surface area contributed by atoms with Crippen molar-refractivity contribution in [3.8, 4) is 0 Å². The number of Topliss-reactive ketones (excluding diaryl/α,β-unsaturated/α-hetero) is 1. The van der Waals surface area contributed by atoms with E-state index >= 15 is 0 Å². The lowest BCUT2D eigenvalue weighted by atomic mass is 9.69. The summed E-state index contributed by atoms with van der Waals surface area (Å²) in [5, 5.41) is 0. The van der Waals surface area contributed by atoms with Crippen LogP contribution < -0.4 is 0 Å². The zero-order valence-corrected chi connectivity index (χ0v) is 12.0. The third-order valence-corrected chi connectivity index (χ3v) is 5.60. The Kier molecular flexibility index (Phi) is 3.66. The largest absolute Gasteiger partial charge is 0.299 e. The van der Waals surface area contributed by atoms with Crippen molar-refractivity contribution in [1.29, 1.82) is 0 Å². The summed E-state index contributed by atoms with van der Waals surface area (Å²) in [6, 6.07) is 0. The van der Waals surface area contributed by atoms with Gasteiger partial charge in [-0.1, -0.05) is 34.1 Å². The molecule has 0 aromatic rings. The highest BCUT2D eigenvalue weighted by molar-refractivity contribution is 5.84. The van der Waals surface area contributed by atoms with Gasteiger partial charge in [0.05, 0.1) is 0 Å². The highest BCUT2D eigenvalue weighted by atomic mass is 16.1. The fraction of sp³-hybridized carbons (Fsp3) is 0.938. The van der Waals surface area contributed by atoms with Crippen LogP contribution in [-0.4, -0.2) is 5.78 Å². The molecule has 0 saturated heterocycles. The minimum atomic E-state index is 0.267. The van der Waals surface area contributed by atoms with E-state index in [1.807, 2.05) is 0 Å². The van der Waals surface area contributed by atoms with Gasteiger partial charge in [0.1, 0.15) is 5.78 Å². The number of carbonyl (C=O) groups is 1. The molecule has 0 N–H and O–H groups in total. The van der Waals surface area contributed by atoms with E-state index in [1.165, 1.54) is 19.3 Å². The Balaban J connectivity index is 2.01. The smallest absolute Gasteiger partial charge is 0.139 e. The second kappa shape index (κ2) is 4.74. The summed E-state index contributed by atoms with van der Waals surface area (Å²) in [4.78, 5) is 12.7. The lowest BCUT2D eigenvalue weighted by molar-refractivity contribution is -0.131. The third-order valence-electron chi connectivity index (χ3n) is 5.60. The fourth-order valence-electron chi connectivity index (χ4n) is 3.94. The number of hydrogen-bond acceptors (Lipinski definition) is 1. The lowest BCUT2D eigenvalue weighted by Gasteiger charge is -2.35. The predicted molar refractivity (Wildman–Crippen MR) is 71.8 cm³/mol. The van der Waals surface area contributed by atoms with Gasteiger partial charge in [-0.15, -0.1) is 0 Å². The Hall–Kier alpha value is -0.330. The Morgan fingerprint density at radius 2 is 1.76 bits per heavy atom. The Bertz CT molecular complexity index is 292. The standard InChI is InChI=1S/C16H28O/c1-11-7-8-13(10-12(11)2)15(17)14-6-5-9-16(14,3)4/h11-14H,5-10H2,1-4H3. The first-order chi connectivity index (χ1) is 7.92. The van der Waals surface area contributed by atoms with E-state index < -0.39 is 0 Å². The van der Waals surface area contributed by atoms with Gasteiger partial charge in [-0.3, -0.25) is 4.79 Å². The van der Waals surface area contributed by atoms with E-state index in [4.69, 9.17) is 0 Å². The van der Waals surface area contributed by atoms with Gasteiger partial charge < -0.3 is 0 Å². The van der Waals surface area contributed by atoms with E-state index in [0.717, 1.165) is 31.1 Å². The van der Waals surface area contributed by atoms with Gasteiger partial charge in [-0.25, -0.2) is 0 Å². The van der Waals surface area contributed by atoms with Crippen LogP contribution in [-0.2, 0) is 4.79 Å². The van der Waals surface area contributed by atoms with Crippen molar-refractivity contribution in [2.24, 2.45) is 29.1 Å². The van der Waals surface area contributed by atoms with Gasteiger partial charge in [0.2, 0.25) is 0 Å². The van der Waals surface area contributed by atoms with Crippen molar-refractivity contribution in [1.82, 2.24) is 0 Å². The molecule has 0 amide bonds. The van der Waals surface area contributed by atoms with Crippen LogP contribution in [0.15, 0.2) is 0 Å². The molecule has 2 aliphatic carbocycles. The predicted octanol–water partition coefficient (Wildman–Crippen LogP) is 4.45. The van der Waals surface area contributed by atoms with Crippen LogP contribution in [0.3, 0.4) is 0 Å². The molecule has 0 radical (unpaired) electrons. The lowest BCUT2D eigenvalue weighted by Crippen LogP contribution is -2.34. The second-order valence-corrected chi connectivity index (χ2v) is 7.30. The minimum absolute atomic E-state index is 0.267. The van der Waals surface area contributed by atoms with Crippen LogP contribution in [0, 0.1) is 29.1 Å². The van der Waals surface area contributed by atoms with Crippen molar-refractivity contribution < 1.29 is 4.79 Å². The Morgan fingerprint density at radius 1 is 1.06 bits per heavy atom. The van der Waals surface area contributed by atoms with Gasteiger partial charge in [0.15, 0.2) is 0 Å². The van der Waals surface area contributed by atoms with Crippen LogP contribution in [0.2, 0.25) is 0 Å². The van der Waals surface area contributed by atoms with Gasteiger partial charge in [-0.05, 0) is 49.4 Å². The average Bonchev–Trinajstić information content (AvgIpc) is 2.61. The summed E-state index contributed by atoms with van der Waals surface area (Å²) < 4.78 is 0. The summed E-state index contributed by atoms with van der Waals surface area (Å²) in [6.07, 6.45) is 7.19. The van der Waals surface area contributed by atoms with Gasteiger partial charge in [-0.2, -0.15) is 0 Å². The molecule has 1 nitrogen and oxygen atoms in total. The van der Waals surface area contributed by atoms with Gasteiger partial charge in [0, 0.05) is 11.8 Å². The molecule has 2 aliphatic rings. The van der Waals surface area contributed by atoms with Crippen LogP contribution in [0.1, 0.15) is 66.2 Å². The molecule has 0 aromatic heterocycles. The molecule has 2 fully saturated rings. The van der Waals surface area contributed by atoms with Crippen molar-refractivity contribution in [2.75, 3.05) is 0 Å². The van der Waals surface area contributed by atoms with E-state index in [1.54, 1.807) is 0 Å². The Morgan fingerprint density at radius 3 is 2.29 bits per heavy atom. The number of hydrogen-bond donors (Lipinski definition) is 0. The quantitative estimate of drug-likeness (QED) is 0.692. The normalized spacial score (nSPS) is 41.4. The van der Waals surface area contributed by atoms with Crippen LogP contribution in [0.25, 0.3) is 0 Å². The average molecular weight is 236 g/mol. The summed E-state index contributed by atoms with van der Waals surface area (Å²) in [5.41, 5.74) is 0.267. The highest BCUT2D eigenvalue weighted by Gasteiger charge is 2.42. The van der Waals surface area contributed by atoms with E-state index in [-0.39, 0.29) is 5.41 Å². The van der Waals surface area contributed by atoms with Crippen LogP contribution >= 0.6 is 0 Å². The maximum absolute atomic E-state index is 12.7. The maximum Gasteiger partial charge on any atom is 0.139 e. The third kappa shape index (κ3) is 2.58. The fourth-order valence-corrected chi connectivity index (χ4v) is 3.94. The van der Waals surface area contributed by atoms with Crippen molar-refractivity contribution >= 4 is 5.78 Å². The van der Waals surface area contributed by atoms with E-state index in [2.05, 4.69) is 27.7 Å². The summed E-state index contributed by atoms with van der Waals surface area (Å²) >= 11 is 0. The maximum atomic E-state index is 12.7. The first-order valence-electron chi connectivity index (χ1n) is 7.45. The molecular formula is C16H28O. The zero-order chi connectivity index (χ0) is 12.6. The van der Waals surface area contributed by atoms with Crippen LogP contribution in [0.5, 0.6) is 0 Å². The summed E-state index contributed by atoms with van der Waals surface area (Å²) in [7, 11) is 0. The second-order valence-electron chi connectivity index (χ2n) is 7.30. The first-order valence-corrected chi connectivity index (χ1v) is 7.45. The van der Waals surface area contributed by atoms with Crippen molar-refractivity contribution in [3.63, 3.8) is 0 Å². The van der Waals surface area contributed by atoms with Crippen molar-refractivity contribution in [3.05, 3.63) is 0 Å². The molecule has 17 heavy (non-hydrogen) atoms. The Labute approximate surface area is 106 Å². The molecule has 2 saturated carbocycles. The highest BCUT2D eigenvalue weighted by Crippen LogP contribution is 2.46. The minimum Gasteiger partial charge on any atom is -0.299 e. The molecule has 4 atom stereocenters. The molecule has 0 bridgehead atoms. The van der Waals surface area contributed by atoms with E-state index in [0.29, 0.717) is 17.6 Å². The topological polar surface area (TPSA) is 17.1 Å². The molecule has 2 rings (SSSR count). The first kappa shape index (κ1) is 13.1. The molecule has 4 unspecified atom stereocenters. The molecule has 0 spiro atoms. The molecule has 98 valence electrons. The number of carbonyl (C=O) groups excluding carboxylic acids is 1. The molecule has 0 heterocycles. The molecule has 0 aliphatic heterocycles. The SMILES string of the molecule is CC1CCC(C(=O)C2CCCC2(C)C)CC1C. The molecular weight excluding hydrogens is 208 g/mol. The monoisotopic (exact) mass is 236 g/mol. The summed E-state index contributed by atoms with van der Waals surface area (Å²) in [5.74, 6) is 2.89. The van der Waals surface area contributed by atoms with E-state index in [9.17, 15) is 4.79 Å². The number of ketones is 1. The zero-order valence-electron chi connectivity index (χ0n) is 12.0. The number of rotatable bonds is 2. The van der Waals surface area contributed by atoms with Gasteiger partial charge in [0.25, 0.3) is 0 Å².